The van der Waals surface area contributed by atoms with E-state index in [-0.39, 0.29) is 5.91 Å². The number of hydrogen-bond donors (Lipinski definition) is 0. The fraction of sp³-hybridized carbons (Fsp3) is 0.350. The zero-order chi connectivity index (χ0) is 17.6. The molecule has 0 bridgehead atoms. The van der Waals surface area contributed by atoms with Gasteiger partial charge in [0, 0.05) is 36.7 Å². The van der Waals surface area contributed by atoms with Gasteiger partial charge < -0.3 is 18.9 Å². The van der Waals surface area contributed by atoms with Crippen LogP contribution in [0.5, 0.6) is 5.75 Å². The zero-order valence-electron chi connectivity index (χ0n) is 14.4. The van der Waals surface area contributed by atoms with Crippen molar-refractivity contribution in [3.05, 3.63) is 55.3 Å². The maximum absolute atomic E-state index is 12.6. The highest BCUT2D eigenvalue weighted by molar-refractivity contribution is 5.90. The first kappa shape index (κ1) is 17.3. The third-order valence-electron chi connectivity index (χ3n) is 4.33. The Morgan fingerprint density at radius 1 is 1.24 bits per heavy atom. The lowest BCUT2D eigenvalue weighted by atomic mass is 10.1. The van der Waals surface area contributed by atoms with E-state index in [4.69, 9.17) is 9.47 Å². The predicted octanol–water partition coefficient (Wildman–Crippen LogP) is 2.79. The monoisotopic (exact) mass is 340 g/mol. The van der Waals surface area contributed by atoms with Crippen LogP contribution in [-0.4, -0.2) is 48.3 Å². The van der Waals surface area contributed by atoms with Crippen LogP contribution in [0.3, 0.4) is 0 Å². The van der Waals surface area contributed by atoms with Crippen LogP contribution in [0.2, 0.25) is 0 Å². The first-order valence-electron chi connectivity index (χ1n) is 8.55. The van der Waals surface area contributed by atoms with Crippen LogP contribution >= 0.6 is 0 Å². The van der Waals surface area contributed by atoms with E-state index < -0.39 is 0 Å². The molecule has 1 fully saturated rings. The van der Waals surface area contributed by atoms with Crippen LogP contribution in [0.1, 0.15) is 5.56 Å². The second-order valence-electron chi connectivity index (χ2n) is 6.04. The molecule has 1 aliphatic heterocycles. The minimum Gasteiger partial charge on any atom is -0.490 e. The van der Waals surface area contributed by atoms with Gasteiger partial charge in [-0.15, -0.1) is 6.58 Å². The highest BCUT2D eigenvalue weighted by Crippen LogP contribution is 2.27. The average molecular weight is 340 g/mol. The molecule has 0 spiro atoms. The Morgan fingerprint density at radius 2 is 2.04 bits per heavy atom. The molecule has 0 aliphatic carbocycles. The number of benzene rings is 1. The summed E-state index contributed by atoms with van der Waals surface area (Å²) in [5, 5.41) is 1.05. The van der Waals surface area contributed by atoms with Crippen molar-refractivity contribution in [3.63, 3.8) is 0 Å². The Labute approximate surface area is 148 Å². The normalized spacial score (nSPS) is 14.5. The largest absolute Gasteiger partial charge is 0.490 e. The summed E-state index contributed by atoms with van der Waals surface area (Å²) in [4.78, 5) is 14.5. The first-order chi connectivity index (χ1) is 12.2. The molecule has 3 rings (SSSR count). The molecule has 0 N–H and O–H groups in total. The second kappa shape index (κ2) is 8.03. The smallest absolute Gasteiger partial charge is 0.227 e. The van der Waals surface area contributed by atoms with Crippen molar-refractivity contribution in [2.75, 3.05) is 32.9 Å². The number of hydrogen-bond acceptors (Lipinski definition) is 3. The van der Waals surface area contributed by atoms with Gasteiger partial charge in [0.15, 0.2) is 0 Å². The topological polar surface area (TPSA) is 43.7 Å². The lowest BCUT2D eigenvalue weighted by molar-refractivity contribution is -0.134. The van der Waals surface area contributed by atoms with Crippen LogP contribution in [0.25, 0.3) is 10.9 Å². The van der Waals surface area contributed by atoms with E-state index in [1.54, 1.807) is 6.08 Å². The van der Waals surface area contributed by atoms with Gasteiger partial charge in [0.05, 0.1) is 19.6 Å². The Morgan fingerprint density at radius 3 is 2.76 bits per heavy atom. The number of carbonyl (C=O) groups is 1. The Balaban J connectivity index is 1.89. The van der Waals surface area contributed by atoms with Crippen molar-refractivity contribution in [1.29, 1.82) is 0 Å². The van der Waals surface area contributed by atoms with Gasteiger partial charge in [0.2, 0.25) is 5.91 Å². The van der Waals surface area contributed by atoms with E-state index in [1.807, 2.05) is 35.4 Å². The summed E-state index contributed by atoms with van der Waals surface area (Å²) < 4.78 is 13.1. The molecule has 5 nitrogen and oxygen atoms in total. The van der Waals surface area contributed by atoms with Crippen LogP contribution in [0.15, 0.2) is 49.7 Å². The maximum Gasteiger partial charge on any atom is 0.227 e. The molecule has 132 valence electrons. The molecule has 1 aromatic heterocycles. The molecular formula is C20H24N2O3. The molecule has 1 saturated heterocycles. The summed E-state index contributed by atoms with van der Waals surface area (Å²) in [6, 6.07) is 5.97. The molecular weight excluding hydrogens is 316 g/mol. The van der Waals surface area contributed by atoms with Crippen molar-refractivity contribution in [3.8, 4) is 5.75 Å². The lowest BCUT2D eigenvalue weighted by Crippen LogP contribution is -2.41. The van der Waals surface area contributed by atoms with E-state index in [0.717, 1.165) is 22.2 Å². The number of aromatic nitrogens is 1. The number of rotatable bonds is 7. The van der Waals surface area contributed by atoms with Gasteiger partial charge in [-0.2, -0.15) is 0 Å². The number of fused-ring (bicyclic) bond motifs is 1. The molecule has 1 amide bonds. The molecule has 0 atom stereocenters. The second-order valence-corrected chi connectivity index (χ2v) is 6.04. The Hall–Kier alpha value is -2.53. The maximum atomic E-state index is 12.6. The van der Waals surface area contributed by atoms with Crippen LogP contribution < -0.4 is 4.74 Å². The summed E-state index contributed by atoms with van der Waals surface area (Å²) in [7, 11) is 0. The fourth-order valence-electron chi connectivity index (χ4n) is 3.11. The molecule has 1 aromatic carbocycles. The van der Waals surface area contributed by atoms with Gasteiger partial charge in [-0.05, 0) is 23.8 Å². The summed E-state index contributed by atoms with van der Waals surface area (Å²) in [6.45, 7) is 11.2. The highest BCUT2D eigenvalue weighted by atomic mass is 16.5. The molecule has 25 heavy (non-hydrogen) atoms. The minimum absolute atomic E-state index is 0.137. The van der Waals surface area contributed by atoms with Gasteiger partial charge in [-0.25, -0.2) is 0 Å². The van der Waals surface area contributed by atoms with Gasteiger partial charge in [0.1, 0.15) is 12.4 Å². The molecule has 0 radical (unpaired) electrons. The summed E-state index contributed by atoms with van der Waals surface area (Å²) in [5.41, 5.74) is 2.09. The van der Waals surface area contributed by atoms with E-state index in [9.17, 15) is 4.79 Å². The van der Waals surface area contributed by atoms with Gasteiger partial charge in [0.25, 0.3) is 0 Å². The van der Waals surface area contributed by atoms with Crippen molar-refractivity contribution in [2.45, 2.75) is 13.0 Å². The first-order valence-corrected chi connectivity index (χ1v) is 8.55. The number of allylic oxidation sites excluding steroid dienone is 1. The summed E-state index contributed by atoms with van der Waals surface area (Å²) >= 11 is 0. The number of amides is 1. The van der Waals surface area contributed by atoms with Crippen molar-refractivity contribution in [1.82, 2.24) is 9.47 Å². The molecule has 5 heteroatoms. The third kappa shape index (κ3) is 3.94. The molecule has 0 unspecified atom stereocenters. The van der Waals surface area contributed by atoms with E-state index >= 15 is 0 Å². The number of morpholine rings is 1. The van der Waals surface area contributed by atoms with Crippen LogP contribution in [-0.2, 0) is 22.5 Å². The van der Waals surface area contributed by atoms with E-state index in [0.29, 0.717) is 45.9 Å². The standard InChI is InChI=1S/C20H24N2O3/c1-3-7-22-15-16(13-20(23)21-8-11-24-12-9-21)18-14-17(25-10-4-2)5-6-19(18)22/h3-6,14-15H,1-2,7-13H2. The molecule has 1 aliphatic rings. The number of nitrogens with zero attached hydrogens (tertiary/aromatic N) is 2. The zero-order valence-corrected chi connectivity index (χ0v) is 14.4. The summed E-state index contributed by atoms with van der Waals surface area (Å²) in [6.07, 6.45) is 6.00. The van der Waals surface area contributed by atoms with E-state index in [2.05, 4.69) is 17.7 Å². The van der Waals surface area contributed by atoms with E-state index in [1.165, 1.54) is 0 Å². The SMILES string of the molecule is C=CCOc1ccc2c(c1)c(CC(=O)N1CCOCC1)cn2CC=C. The predicted molar refractivity (Wildman–Crippen MR) is 98.9 cm³/mol. The summed E-state index contributed by atoms with van der Waals surface area (Å²) in [5.74, 6) is 0.919. The molecule has 0 saturated carbocycles. The molecule has 2 aromatic rings. The third-order valence-corrected chi connectivity index (χ3v) is 4.33. The van der Waals surface area contributed by atoms with Crippen molar-refractivity contribution in [2.24, 2.45) is 0 Å². The quantitative estimate of drug-likeness (QED) is 0.728. The Bertz CT molecular complexity index is 773. The fourth-order valence-corrected chi connectivity index (χ4v) is 3.11. The lowest BCUT2D eigenvalue weighted by Gasteiger charge is -2.26. The van der Waals surface area contributed by atoms with Gasteiger partial charge in [-0.1, -0.05) is 18.7 Å². The molecule has 2 heterocycles. The minimum atomic E-state index is 0.137. The highest BCUT2D eigenvalue weighted by Gasteiger charge is 2.19. The van der Waals surface area contributed by atoms with Crippen LogP contribution in [0, 0.1) is 0 Å². The van der Waals surface area contributed by atoms with Gasteiger partial charge >= 0.3 is 0 Å². The van der Waals surface area contributed by atoms with Crippen LogP contribution in [0.4, 0.5) is 0 Å². The Kier molecular flexibility index (Phi) is 5.56. The van der Waals surface area contributed by atoms with Crippen molar-refractivity contribution >= 4 is 16.8 Å². The van der Waals surface area contributed by atoms with Crippen molar-refractivity contribution < 1.29 is 14.3 Å². The average Bonchev–Trinajstić information content (AvgIpc) is 2.98. The van der Waals surface area contributed by atoms with Gasteiger partial charge in [-0.3, -0.25) is 4.79 Å². The number of carbonyl (C=O) groups excluding carboxylic acids is 1. The number of ether oxygens (including phenoxy) is 2.